The van der Waals surface area contributed by atoms with Crippen molar-refractivity contribution in [3.05, 3.63) is 41.7 Å². The van der Waals surface area contributed by atoms with Crippen molar-refractivity contribution in [1.29, 1.82) is 0 Å². The summed E-state index contributed by atoms with van der Waals surface area (Å²) in [5.41, 5.74) is -0.653. The Morgan fingerprint density at radius 1 is 1.00 bits per heavy atom. The van der Waals surface area contributed by atoms with Crippen molar-refractivity contribution in [1.82, 2.24) is 19.5 Å². The number of rotatable bonds is 4. The number of carbonyl (C=O) groups is 1. The first kappa shape index (κ1) is 23.8. The number of halogens is 3. The standard InChI is InChI=1S/C24H27F3N4O3/c1-13-8-14(2)30(15(3)9-13)23(32)18-12-22-28-17(11-21(24(25,26)27)31(22)29-18)16-6-7-19(33-4)20(10-16)34-5/h6-7,10-15H,8-9H2,1-5H3/t14-,15-/m0/s1. The molecule has 0 spiro atoms. The number of fused-ring (bicyclic) bond motifs is 1. The summed E-state index contributed by atoms with van der Waals surface area (Å²) >= 11 is 0. The molecule has 7 nitrogen and oxygen atoms in total. The molecule has 0 bridgehead atoms. The van der Waals surface area contributed by atoms with Gasteiger partial charge in [0.1, 0.15) is 0 Å². The molecule has 10 heteroatoms. The second-order valence-electron chi connectivity index (χ2n) is 8.88. The number of carbonyl (C=O) groups excluding carboxylic acids is 1. The lowest BCUT2D eigenvalue weighted by Gasteiger charge is -2.41. The predicted octanol–water partition coefficient (Wildman–Crippen LogP) is 5.08. The van der Waals surface area contributed by atoms with Gasteiger partial charge in [0.2, 0.25) is 0 Å². The van der Waals surface area contributed by atoms with E-state index in [-0.39, 0.29) is 29.1 Å². The van der Waals surface area contributed by atoms with Crippen LogP contribution in [0.5, 0.6) is 11.5 Å². The molecule has 2 atom stereocenters. The number of piperidine rings is 1. The zero-order chi connectivity index (χ0) is 24.8. The Kier molecular flexibility index (Phi) is 6.18. The van der Waals surface area contributed by atoms with Gasteiger partial charge in [0.05, 0.1) is 19.9 Å². The number of likely N-dealkylation sites (tertiary alicyclic amines) is 1. The van der Waals surface area contributed by atoms with E-state index in [1.807, 2.05) is 13.8 Å². The summed E-state index contributed by atoms with van der Waals surface area (Å²) < 4.78 is 53.1. The number of amides is 1. The average Bonchev–Trinajstić information content (AvgIpc) is 3.20. The molecule has 1 aliphatic rings. The minimum absolute atomic E-state index is 0.0339. The summed E-state index contributed by atoms with van der Waals surface area (Å²) in [4.78, 5) is 19.4. The van der Waals surface area contributed by atoms with Gasteiger partial charge in [-0.05, 0) is 56.9 Å². The molecule has 182 valence electrons. The van der Waals surface area contributed by atoms with E-state index in [2.05, 4.69) is 17.0 Å². The second kappa shape index (κ2) is 8.81. The molecule has 0 saturated carbocycles. The van der Waals surface area contributed by atoms with Crippen molar-refractivity contribution in [3.8, 4) is 22.8 Å². The molecule has 1 amide bonds. The highest BCUT2D eigenvalue weighted by atomic mass is 19.4. The molecule has 3 aromatic rings. The molecule has 34 heavy (non-hydrogen) atoms. The van der Waals surface area contributed by atoms with Gasteiger partial charge in [-0.15, -0.1) is 0 Å². The third-order valence-electron chi connectivity index (χ3n) is 6.29. The third-order valence-corrected chi connectivity index (χ3v) is 6.29. The van der Waals surface area contributed by atoms with Crippen molar-refractivity contribution in [2.24, 2.45) is 5.92 Å². The van der Waals surface area contributed by atoms with Gasteiger partial charge >= 0.3 is 6.18 Å². The minimum Gasteiger partial charge on any atom is -0.493 e. The first-order valence-electron chi connectivity index (χ1n) is 11.1. The van der Waals surface area contributed by atoms with E-state index in [0.717, 1.165) is 18.9 Å². The maximum Gasteiger partial charge on any atom is 0.433 e. The summed E-state index contributed by atoms with van der Waals surface area (Å²) in [5, 5.41) is 4.04. The van der Waals surface area contributed by atoms with Gasteiger partial charge in [-0.1, -0.05) is 6.92 Å². The molecule has 1 saturated heterocycles. The largest absolute Gasteiger partial charge is 0.493 e. The molecule has 0 aliphatic carbocycles. The van der Waals surface area contributed by atoms with E-state index in [4.69, 9.17) is 9.47 Å². The average molecular weight is 476 g/mol. The van der Waals surface area contributed by atoms with Crippen molar-refractivity contribution in [2.75, 3.05) is 14.2 Å². The van der Waals surface area contributed by atoms with Gasteiger partial charge in [-0.3, -0.25) is 4.79 Å². The van der Waals surface area contributed by atoms with Crippen LogP contribution in [-0.4, -0.2) is 51.7 Å². The van der Waals surface area contributed by atoms with Gasteiger partial charge in [-0.25, -0.2) is 9.50 Å². The van der Waals surface area contributed by atoms with E-state index in [9.17, 15) is 18.0 Å². The number of alkyl halides is 3. The summed E-state index contributed by atoms with van der Waals surface area (Å²) in [6.07, 6.45) is -3.04. The zero-order valence-corrected chi connectivity index (χ0v) is 19.7. The first-order chi connectivity index (χ1) is 16.0. The zero-order valence-electron chi connectivity index (χ0n) is 19.7. The lowest BCUT2D eigenvalue weighted by molar-refractivity contribution is -0.142. The Balaban J connectivity index is 1.81. The topological polar surface area (TPSA) is 69.0 Å². The maximum absolute atomic E-state index is 14.0. The fourth-order valence-electron chi connectivity index (χ4n) is 4.88. The van der Waals surface area contributed by atoms with Crippen molar-refractivity contribution >= 4 is 11.6 Å². The Morgan fingerprint density at radius 3 is 2.24 bits per heavy atom. The van der Waals surface area contributed by atoms with Crippen molar-refractivity contribution in [3.63, 3.8) is 0 Å². The number of ether oxygens (including phenoxy) is 2. The number of hydrogen-bond donors (Lipinski definition) is 0. The highest BCUT2D eigenvalue weighted by Crippen LogP contribution is 2.36. The molecule has 1 aromatic carbocycles. The van der Waals surface area contributed by atoms with Crippen LogP contribution >= 0.6 is 0 Å². The minimum atomic E-state index is -4.71. The molecular formula is C24H27F3N4O3. The summed E-state index contributed by atoms with van der Waals surface area (Å²) in [6, 6.07) is 6.92. The monoisotopic (exact) mass is 476 g/mol. The summed E-state index contributed by atoms with van der Waals surface area (Å²) in [5.74, 6) is 0.887. The van der Waals surface area contributed by atoms with Crippen LogP contribution in [0.2, 0.25) is 0 Å². The van der Waals surface area contributed by atoms with E-state index >= 15 is 0 Å². The number of aromatic nitrogens is 3. The highest BCUT2D eigenvalue weighted by molar-refractivity contribution is 5.94. The Morgan fingerprint density at radius 2 is 1.65 bits per heavy atom. The van der Waals surface area contributed by atoms with Gasteiger partial charge in [0.15, 0.2) is 28.5 Å². The van der Waals surface area contributed by atoms with Gasteiger partial charge in [0.25, 0.3) is 5.91 Å². The van der Waals surface area contributed by atoms with Crippen LogP contribution in [0.15, 0.2) is 30.3 Å². The molecular weight excluding hydrogens is 449 g/mol. The Bertz CT molecular complexity index is 1210. The SMILES string of the molecule is COc1ccc(-c2cc(C(F)(F)F)n3nc(C(=O)N4[C@@H](C)CC(C)C[C@@H]4C)cc3n2)cc1OC. The Labute approximate surface area is 195 Å². The smallest absolute Gasteiger partial charge is 0.433 e. The van der Waals surface area contributed by atoms with E-state index in [1.54, 1.807) is 23.1 Å². The lowest BCUT2D eigenvalue weighted by Crippen LogP contribution is -2.49. The van der Waals surface area contributed by atoms with Crippen LogP contribution in [0.25, 0.3) is 16.9 Å². The third kappa shape index (κ3) is 4.28. The van der Waals surface area contributed by atoms with Crippen LogP contribution < -0.4 is 9.47 Å². The molecule has 0 unspecified atom stereocenters. The van der Waals surface area contributed by atoms with E-state index < -0.39 is 17.8 Å². The van der Waals surface area contributed by atoms with Crippen LogP contribution in [0, 0.1) is 5.92 Å². The first-order valence-corrected chi connectivity index (χ1v) is 11.1. The molecule has 1 aliphatic heterocycles. The number of methoxy groups -OCH3 is 2. The van der Waals surface area contributed by atoms with Crippen LogP contribution in [0.3, 0.4) is 0 Å². The lowest BCUT2D eigenvalue weighted by atomic mass is 9.88. The maximum atomic E-state index is 14.0. The van der Waals surface area contributed by atoms with Gasteiger partial charge in [0, 0.05) is 23.7 Å². The summed E-state index contributed by atoms with van der Waals surface area (Å²) in [7, 11) is 2.91. The molecule has 0 radical (unpaired) electrons. The number of benzene rings is 1. The normalized spacial score (nSPS) is 21.1. The quantitative estimate of drug-likeness (QED) is 0.525. The predicted molar refractivity (Wildman–Crippen MR) is 120 cm³/mol. The molecule has 2 aromatic heterocycles. The summed E-state index contributed by atoms with van der Waals surface area (Å²) in [6.45, 7) is 6.04. The van der Waals surface area contributed by atoms with Crippen LogP contribution in [0.1, 0.15) is 49.8 Å². The highest BCUT2D eigenvalue weighted by Gasteiger charge is 2.37. The Hall–Kier alpha value is -3.30. The second-order valence-corrected chi connectivity index (χ2v) is 8.88. The van der Waals surface area contributed by atoms with Crippen molar-refractivity contribution in [2.45, 2.75) is 51.9 Å². The van der Waals surface area contributed by atoms with Gasteiger partial charge in [-0.2, -0.15) is 18.3 Å². The fraction of sp³-hybridized carbons (Fsp3) is 0.458. The van der Waals surface area contributed by atoms with Crippen molar-refractivity contribution < 1.29 is 27.4 Å². The van der Waals surface area contributed by atoms with E-state index in [0.29, 0.717) is 27.5 Å². The van der Waals surface area contributed by atoms with Gasteiger partial charge < -0.3 is 14.4 Å². The fourth-order valence-corrected chi connectivity index (χ4v) is 4.88. The number of nitrogens with zero attached hydrogens (tertiary/aromatic N) is 4. The number of hydrogen-bond acceptors (Lipinski definition) is 5. The van der Waals surface area contributed by atoms with Crippen LogP contribution in [-0.2, 0) is 6.18 Å². The molecule has 0 N–H and O–H groups in total. The van der Waals surface area contributed by atoms with Crippen LogP contribution in [0.4, 0.5) is 13.2 Å². The molecule has 1 fully saturated rings. The molecule has 4 rings (SSSR count). The van der Waals surface area contributed by atoms with E-state index in [1.165, 1.54) is 20.3 Å². The molecule has 3 heterocycles.